The lowest BCUT2D eigenvalue weighted by molar-refractivity contribution is 0.109. The number of carbonyl (C=O) groups is 1. The van der Waals surface area contributed by atoms with Crippen molar-refractivity contribution in [3.8, 4) is 0 Å². The lowest BCUT2D eigenvalue weighted by Gasteiger charge is -2.24. The van der Waals surface area contributed by atoms with E-state index in [1.807, 2.05) is 6.07 Å². The van der Waals surface area contributed by atoms with E-state index >= 15 is 0 Å². The number of benzene rings is 5. The summed E-state index contributed by atoms with van der Waals surface area (Å²) in [5.41, 5.74) is 4.30. The molecule has 0 bridgehead atoms. The van der Waals surface area contributed by atoms with Crippen LogP contribution in [0.4, 0.5) is 0 Å². The summed E-state index contributed by atoms with van der Waals surface area (Å²) < 4.78 is 1.65. The summed E-state index contributed by atoms with van der Waals surface area (Å²) >= 11 is 14.1. The first-order chi connectivity index (χ1) is 14.1. The molecule has 0 atom stereocenters. The molecule has 0 aliphatic carbocycles. The van der Waals surface area contributed by atoms with Gasteiger partial charge in [-0.2, -0.15) is 0 Å². The Morgan fingerprint density at radius 1 is 0.621 bits per heavy atom. The van der Waals surface area contributed by atoms with Gasteiger partial charge < -0.3 is 0 Å². The molecule has 7 rings (SSSR count). The Labute approximate surface area is 185 Å². The summed E-state index contributed by atoms with van der Waals surface area (Å²) in [5, 5.41) is 9.61. The smallest absolute Gasteiger partial charge is 0.225 e. The fourth-order valence-corrected chi connectivity index (χ4v) is 7.33. The Balaban J connectivity index is 1.82. The minimum atomic E-state index is 0.0459. The van der Waals surface area contributed by atoms with Crippen molar-refractivity contribution in [3.63, 3.8) is 0 Å². The first-order valence-corrected chi connectivity index (χ1v) is 11.9. The van der Waals surface area contributed by atoms with Crippen molar-refractivity contribution in [2.75, 3.05) is 0 Å². The number of rotatable bonds is 0. The van der Waals surface area contributed by atoms with Crippen LogP contribution in [0.5, 0.6) is 0 Å². The monoisotopic (exact) mass is 442 g/mol. The third-order valence-electron chi connectivity index (χ3n) is 6.19. The predicted molar refractivity (Wildman–Crippen MR) is 134 cm³/mol. The van der Waals surface area contributed by atoms with Gasteiger partial charge in [-0.15, -0.1) is 11.8 Å². The highest BCUT2D eigenvalue weighted by Crippen LogP contribution is 2.47. The molecule has 0 fully saturated rings. The quantitative estimate of drug-likeness (QED) is 0.143. The Kier molecular flexibility index (Phi) is 3.20. The molecule has 0 radical (unpaired) electrons. The van der Waals surface area contributed by atoms with Gasteiger partial charge in [-0.3, -0.25) is 4.79 Å². The molecule has 2 aliphatic rings. The highest BCUT2D eigenvalue weighted by Gasteiger charge is 2.28. The number of thioether (sulfide) groups is 2. The molecule has 0 amide bonds. The molecule has 29 heavy (non-hydrogen) atoms. The number of hydrogen-bond acceptors (Lipinski definition) is 5. The van der Waals surface area contributed by atoms with E-state index in [0.29, 0.717) is 4.20 Å². The summed E-state index contributed by atoms with van der Waals surface area (Å²) in [7, 11) is 0. The van der Waals surface area contributed by atoms with Crippen molar-refractivity contribution in [1.29, 1.82) is 0 Å². The van der Waals surface area contributed by atoms with Gasteiger partial charge in [-0.05, 0) is 61.1 Å². The van der Waals surface area contributed by atoms with E-state index < -0.39 is 0 Å². The minimum Gasteiger partial charge on any atom is -0.281 e. The van der Waals surface area contributed by atoms with Crippen LogP contribution in [0.25, 0.3) is 43.1 Å². The van der Waals surface area contributed by atoms with Gasteiger partial charge in [0.1, 0.15) is 0 Å². The molecule has 2 aliphatic heterocycles. The second-order valence-corrected chi connectivity index (χ2v) is 10.8. The van der Waals surface area contributed by atoms with Crippen LogP contribution in [0.1, 0.15) is 27.0 Å². The topological polar surface area (TPSA) is 17.1 Å². The van der Waals surface area contributed by atoms with Crippen molar-refractivity contribution in [2.45, 2.75) is 5.75 Å². The summed E-state index contributed by atoms with van der Waals surface area (Å²) in [6, 6.07) is 17.2. The zero-order chi connectivity index (χ0) is 19.4. The molecule has 0 N–H and O–H groups in total. The molecule has 5 heteroatoms. The van der Waals surface area contributed by atoms with Gasteiger partial charge in [-0.25, -0.2) is 0 Å². The number of carbonyl (C=O) groups excluding carboxylic acids is 1. The normalized spacial score (nSPS) is 16.1. The van der Waals surface area contributed by atoms with E-state index in [4.69, 9.17) is 24.4 Å². The van der Waals surface area contributed by atoms with E-state index in [0.717, 1.165) is 43.6 Å². The largest absolute Gasteiger partial charge is 0.281 e. The molecule has 0 saturated carbocycles. The molecule has 2 heterocycles. The van der Waals surface area contributed by atoms with E-state index in [2.05, 4.69) is 42.5 Å². The first kappa shape index (κ1) is 16.7. The van der Waals surface area contributed by atoms with Crippen LogP contribution in [0.3, 0.4) is 0 Å². The van der Waals surface area contributed by atoms with Crippen LogP contribution in [-0.4, -0.2) is 13.5 Å². The van der Waals surface area contributed by atoms with Crippen molar-refractivity contribution in [1.82, 2.24) is 0 Å². The zero-order valence-electron chi connectivity index (χ0n) is 14.9. The SMILES string of the molecule is O=C1SC(=S)c2ccc3c4ccc5c6c(ccc(c7ccc1c2c73)c64)C(=S)SC5. The maximum atomic E-state index is 12.7. The molecular formula is C24H10OS4. The lowest BCUT2D eigenvalue weighted by Crippen LogP contribution is -2.10. The summed E-state index contributed by atoms with van der Waals surface area (Å²) in [4.78, 5) is 12.7. The Bertz CT molecular complexity index is 1560. The van der Waals surface area contributed by atoms with Crippen LogP contribution in [0.2, 0.25) is 0 Å². The number of hydrogen-bond donors (Lipinski definition) is 0. The van der Waals surface area contributed by atoms with E-state index in [1.54, 1.807) is 11.8 Å². The van der Waals surface area contributed by atoms with Crippen LogP contribution in [-0.2, 0) is 5.75 Å². The molecule has 1 nitrogen and oxygen atoms in total. The average Bonchev–Trinajstić information content (AvgIpc) is 2.74. The van der Waals surface area contributed by atoms with Gasteiger partial charge >= 0.3 is 0 Å². The first-order valence-electron chi connectivity index (χ1n) is 9.26. The summed E-state index contributed by atoms with van der Waals surface area (Å²) in [6.45, 7) is 0. The summed E-state index contributed by atoms with van der Waals surface area (Å²) in [5.74, 6) is 0.923. The fraction of sp³-hybridized carbons (Fsp3) is 0.0417. The minimum absolute atomic E-state index is 0.0459. The summed E-state index contributed by atoms with van der Waals surface area (Å²) in [6.07, 6.45) is 0. The Morgan fingerprint density at radius 2 is 1.17 bits per heavy atom. The molecule has 0 unspecified atom stereocenters. The number of thiocarbonyl (C=S) groups is 2. The molecule has 0 saturated heterocycles. The van der Waals surface area contributed by atoms with E-state index in [1.165, 1.54) is 43.4 Å². The van der Waals surface area contributed by atoms with Gasteiger partial charge in [0.25, 0.3) is 0 Å². The maximum absolute atomic E-state index is 12.7. The van der Waals surface area contributed by atoms with Crippen LogP contribution in [0, 0.1) is 0 Å². The van der Waals surface area contributed by atoms with Gasteiger partial charge in [0.2, 0.25) is 5.12 Å². The second kappa shape index (κ2) is 5.55. The molecule has 0 aromatic heterocycles. The molecule has 0 spiro atoms. The third kappa shape index (κ3) is 1.97. The van der Waals surface area contributed by atoms with Gasteiger partial charge in [0.15, 0.2) is 0 Å². The predicted octanol–water partition coefficient (Wildman–Crippen LogP) is 7.22. The fourth-order valence-electron chi connectivity index (χ4n) is 5.01. The second-order valence-electron chi connectivity index (χ2n) is 7.51. The number of fused-ring (bicyclic) bond motifs is 2. The molecule has 5 aromatic carbocycles. The Morgan fingerprint density at radius 3 is 1.86 bits per heavy atom. The van der Waals surface area contributed by atoms with Gasteiger partial charge in [-0.1, -0.05) is 66.9 Å². The van der Waals surface area contributed by atoms with Crippen molar-refractivity contribution in [3.05, 3.63) is 70.8 Å². The molecule has 5 aromatic rings. The Hall–Kier alpha value is -2.05. The standard InChI is InChI=1S/C24H10OS4/c25-22-15-6-3-13-12-4-7-16-18-10(9-28-23(16)26)1-2-11(19(12)18)14-5-8-17(24(27)29-22)21(15)20(13)14/h1-8H,9H2. The zero-order valence-corrected chi connectivity index (χ0v) is 18.1. The van der Waals surface area contributed by atoms with Crippen molar-refractivity contribution >= 4 is 105 Å². The van der Waals surface area contributed by atoms with E-state index in [-0.39, 0.29) is 5.12 Å². The van der Waals surface area contributed by atoms with Crippen LogP contribution < -0.4 is 0 Å². The average molecular weight is 443 g/mol. The molecule has 136 valence electrons. The highest BCUT2D eigenvalue weighted by atomic mass is 32.2. The van der Waals surface area contributed by atoms with Gasteiger partial charge in [0.05, 0.1) is 8.39 Å². The lowest BCUT2D eigenvalue weighted by atomic mass is 9.85. The van der Waals surface area contributed by atoms with E-state index in [9.17, 15) is 4.79 Å². The maximum Gasteiger partial charge on any atom is 0.225 e. The highest BCUT2D eigenvalue weighted by molar-refractivity contribution is 8.34. The van der Waals surface area contributed by atoms with Crippen LogP contribution >= 0.6 is 48.0 Å². The van der Waals surface area contributed by atoms with Crippen molar-refractivity contribution in [2.24, 2.45) is 0 Å². The third-order valence-corrected chi connectivity index (χ3v) is 8.98. The van der Waals surface area contributed by atoms with Crippen LogP contribution in [0.15, 0.2) is 48.5 Å². The van der Waals surface area contributed by atoms with Crippen molar-refractivity contribution < 1.29 is 4.79 Å². The van der Waals surface area contributed by atoms with Gasteiger partial charge in [0, 0.05) is 27.8 Å². The molecular weight excluding hydrogens is 433 g/mol.